The fraction of sp³-hybridized carbons (Fsp3) is 0.647. The zero-order chi connectivity index (χ0) is 16.1. The number of amides is 2. The van der Waals surface area contributed by atoms with Gasteiger partial charge in [0.05, 0.1) is 7.11 Å². The van der Waals surface area contributed by atoms with Gasteiger partial charge in [-0.15, -0.1) is 0 Å². The van der Waals surface area contributed by atoms with Crippen molar-refractivity contribution in [3.05, 3.63) is 23.9 Å². The molecule has 0 radical (unpaired) electrons. The van der Waals surface area contributed by atoms with Gasteiger partial charge in [-0.05, 0) is 44.8 Å². The Morgan fingerprint density at radius 1 is 1.35 bits per heavy atom. The van der Waals surface area contributed by atoms with Crippen LogP contribution in [0.15, 0.2) is 18.3 Å². The number of aromatic nitrogens is 1. The zero-order valence-electron chi connectivity index (χ0n) is 13.8. The molecule has 3 rings (SSSR count). The van der Waals surface area contributed by atoms with Crippen molar-refractivity contribution in [1.29, 1.82) is 0 Å². The lowest BCUT2D eigenvalue weighted by Crippen LogP contribution is -2.51. The second kappa shape index (κ2) is 7.64. The Morgan fingerprint density at radius 2 is 2.17 bits per heavy atom. The summed E-state index contributed by atoms with van der Waals surface area (Å²) in [4.78, 5) is 21.1. The predicted molar refractivity (Wildman–Crippen MR) is 88.4 cm³/mol. The van der Waals surface area contributed by atoms with E-state index in [4.69, 9.17) is 4.74 Å². The minimum atomic E-state index is 0.0137. The highest BCUT2D eigenvalue weighted by molar-refractivity contribution is 5.74. The van der Waals surface area contributed by atoms with E-state index in [-0.39, 0.29) is 6.03 Å². The quantitative estimate of drug-likeness (QED) is 0.920. The van der Waals surface area contributed by atoms with E-state index in [0.717, 1.165) is 25.1 Å². The molecule has 0 unspecified atom stereocenters. The largest absolute Gasteiger partial charge is 0.481 e. The number of piperidine rings is 1. The molecule has 6 nitrogen and oxygen atoms in total. The van der Waals surface area contributed by atoms with Crippen molar-refractivity contribution in [2.75, 3.05) is 33.3 Å². The summed E-state index contributed by atoms with van der Waals surface area (Å²) in [6.07, 6.45) is 6.58. The lowest BCUT2D eigenvalue weighted by Gasteiger charge is -2.37. The number of ether oxygens (including phenoxy) is 1. The number of urea groups is 1. The maximum atomic E-state index is 12.5. The molecule has 0 spiro atoms. The standard InChI is InChI=1S/C17H26N4O2/c1-23-16-14(6-4-8-18-16)12-19-17(22)21-11-5-7-15(13-21)20-9-2-3-10-20/h4,6,8,15H,2-3,5,7,9-13H2,1H3,(H,19,22)/t15-/m0/s1. The molecular formula is C17H26N4O2. The lowest BCUT2D eigenvalue weighted by molar-refractivity contribution is 0.125. The van der Waals surface area contributed by atoms with Gasteiger partial charge in [0.2, 0.25) is 5.88 Å². The fourth-order valence-corrected chi connectivity index (χ4v) is 3.57. The smallest absolute Gasteiger partial charge is 0.317 e. The first-order valence-electron chi connectivity index (χ1n) is 8.52. The maximum absolute atomic E-state index is 12.5. The first-order chi connectivity index (χ1) is 11.3. The number of hydrogen-bond donors (Lipinski definition) is 1. The third-order valence-corrected chi connectivity index (χ3v) is 4.81. The van der Waals surface area contributed by atoms with Crippen LogP contribution < -0.4 is 10.1 Å². The van der Waals surface area contributed by atoms with Gasteiger partial charge in [0.25, 0.3) is 0 Å². The van der Waals surface area contributed by atoms with Crippen LogP contribution in [0.4, 0.5) is 4.79 Å². The van der Waals surface area contributed by atoms with Gasteiger partial charge in [-0.25, -0.2) is 9.78 Å². The number of likely N-dealkylation sites (tertiary alicyclic amines) is 2. The number of carbonyl (C=O) groups excluding carboxylic acids is 1. The summed E-state index contributed by atoms with van der Waals surface area (Å²) in [5.41, 5.74) is 0.899. The summed E-state index contributed by atoms with van der Waals surface area (Å²) >= 11 is 0. The van der Waals surface area contributed by atoms with E-state index in [0.29, 0.717) is 18.5 Å². The molecule has 2 aliphatic rings. The van der Waals surface area contributed by atoms with Crippen molar-refractivity contribution in [1.82, 2.24) is 20.1 Å². The Kier molecular flexibility index (Phi) is 5.33. The van der Waals surface area contributed by atoms with Gasteiger partial charge in [-0.1, -0.05) is 6.07 Å². The maximum Gasteiger partial charge on any atom is 0.317 e. The van der Waals surface area contributed by atoms with Crippen LogP contribution in [-0.2, 0) is 6.54 Å². The van der Waals surface area contributed by atoms with Crippen molar-refractivity contribution < 1.29 is 9.53 Å². The molecule has 0 saturated carbocycles. The molecule has 1 atom stereocenters. The SMILES string of the molecule is COc1ncccc1CNC(=O)N1CCC[C@H](N2CCCC2)C1. The zero-order valence-corrected chi connectivity index (χ0v) is 13.8. The Bertz CT molecular complexity index is 531. The normalized spacial score (nSPS) is 22.1. The van der Waals surface area contributed by atoms with E-state index < -0.39 is 0 Å². The second-order valence-electron chi connectivity index (χ2n) is 6.32. The summed E-state index contributed by atoms with van der Waals surface area (Å²) in [5.74, 6) is 0.571. The number of nitrogens with zero attached hydrogens (tertiary/aromatic N) is 3. The topological polar surface area (TPSA) is 57.7 Å². The van der Waals surface area contributed by atoms with E-state index in [1.54, 1.807) is 13.3 Å². The van der Waals surface area contributed by atoms with Crippen LogP contribution in [0.5, 0.6) is 5.88 Å². The van der Waals surface area contributed by atoms with Gasteiger partial charge in [0, 0.05) is 37.4 Å². The van der Waals surface area contributed by atoms with Crippen molar-refractivity contribution in [2.45, 2.75) is 38.3 Å². The average Bonchev–Trinajstić information content (AvgIpc) is 3.14. The minimum absolute atomic E-state index is 0.0137. The summed E-state index contributed by atoms with van der Waals surface area (Å²) in [6, 6.07) is 4.33. The molecule has 0 bridgehead atoms. The average molecular weight is 318 g/mol. The van der Waals surface area contributed by atoms with E-state index in [2.05, 4.69) is 15.2 Å². The van der Waals surface area contributed by atoms with Gasteiger partial charge in [0.15, 0.2) is 0 Å². The van der Waals surface area contributed by atoms with E-state index >= 15 is 0 Å². The van der Waals surface area contributed by atoms with Crippen molar-refractivity contribution in [3.63, 3.8) is 0 Å². The Hall–Kier alpha value is -1.82. The summed E-state index contributed by atoms with van der Waals surface area (Å²) < 4.78 is 5.22. The third-order valence-electron chi connectivity index (χ3n) is 4.81. The Balaban J connectivity index is 1.53. The molecule has 23 heavy (non-hydrogen) atoms. The van der Waals surface area contributed by atoms with E-state index in [9.17, 15) is 4.79 Å². The first-order valence-corrected chi connectivity index (χ1v) is 8.52. The molecule has 2 fully saturated rings. The predicted octanol–water partition coefficient (Wildman–Crippen LogP) is 1.86. The number of pyridine rings is 1. The van der Waals surface area contributed by atoms with Crippen LogP contribution in [0.2, 0.25) is 0 Å². The molecule has 1 N–H and O–H groups in total. The summed E-state index contributed by atoms with van der Waals surface area (Å²) in [7, 11) is 1.60. The summed E-state index contributed by atoms with van der Waals surface area (Å²) in [6.45, 7) is 4.51. The van der Waals surface area contributed by atoms with Crippen LogP contribution >= 0.6 is 0 Å². The highest BCUT2D eigenvalue weighted by Gasteiger charge is 2.29. The van der Waals surface area contributed by atoms with E-state index in [1.165, 1.54) is 32.4 Å². The number of nitrogens with one attached hydrogen (secondary N) is 1. The molecular weight excluding hydrogens is 292 g/mol. The molecule has 126 valence electrons. The minimum Gasteiger partial charge on any atom is -0.481 e. The number of methoxy groups -OCH3 is 1. The highest BCUT2D eigenvalue weighted by atomic mass is 16.5. The van der Waals surface area contributed by atoms with Gasteiger partial charge < -0.3 is 15.0 Å². The van der Waals surface area contributed by atoms with Gasteiger partial charge in [-0.3, -0.25) is 4.90 Å². The molecule has 1 aromatic heterocycles. The molecule has 2 saturated heterocycles. The Morgan fingerprint density at radius 3 is 2.96 bits per heavy atom. The number of rotatable bonds is 4. The first kappa shape index (κ1) is 16.1. The number of hydrogen-bond acceptors (Lipinski definition) is 4. The van der Waals surface area contributed by atoms with Gasteiger partial charge >= 0.3 is 6.03 Å². The number of carbonyl (C=O) groups is 1. The van der Waals surface area contributed by atoms with Crippen LogP contribution in [0.3, 0.4) is 0 Å². The van der Waals surface area contributed by atoms with Gasteiger partial charge in [-0.2, -0.15) is 0 Å². The molecule has 2 amide bonds. The molecule has 3 heterocycles. The van der Waals surface area contributed by atoms with Crippen LogP contribution in [0, 0.1) is 0 Å². The Labute approximate surface area is 137 Å². The second-order valence-corrected chi connectivity index (χ2v) is 6.32. The summed E-state index contributed by atoms with van der Waals surface area (Å²) in [5, 5.41) is 3.00. The molecule has 0 aliphatic carbocycles. The third kappa shape index (κ3) is 3.93. The van der Waals surface area contributed by atoms with Crippen LogP contribution in [0.25, 0.3) is 0 Å². The fourth-order valence-electron chi connectivity index (χ4n) is 3.57. The molecule has 2 aliphatic heterocycles. The monoisotopic (exact) mass is 318 g/mol. The van der Waals surface area contributed by atoms with Crippen LogP contribution in [-0.4, -0.2) is 60.1 Å². The lowest BCUT2D eigenvalue weighted by atomic mass is 10.0. The molecule has 6 heteroatoms. The molecule has 1 aromatic rings. The molecule has 0 aromatic carbocycles. The van der Waals surface area contributed by atoms with Crippen molar-refractivity contribution in [3.8, 4) is 5.88 Å². The van der Waals surface area contributed by atoms with Crippen molar-refractivity contribution in [2.24, 2.45) is 0 Å². The highest BCUT2D eigenvalue weighted by Crippen LogP contribution is 2.20. The van der Waals surface area contributed by atoms with Crippen molar-refractivity contribution >= 4 is 6.03 Å². The van der Waals surface area contributed by atoms with E-state index in [1.807, 2.05) is 17.0 Å². The van der Waals surface area contributed by atoms with Gasteiger partial charge in [0.1, 0.15) is 0 Å². The van der Waals surface area contributed by atoms with Crippen LogP contribution in [0.1, 0.15) is 31.2 Å².